The van der Waals surface area contributed by atoms with Gasteiger partial charge in [0.1, 0.15) is 18.2 Å². The Morgan fingerprint density at radius 3 is 3.00 bits per heavy atom. The quantitative estimate of drug-likeness (QED) is 0.733. The van der Waals surface area contributed by atoms with Gasteiger partial charge in [-0.1, -0.05) is 12.1 Å². The lowest BCUT2D eigenvalue weighted by Crippen LogP contribution is -2.34. The van der Waals surface area contributed by atoms with Gasteiger partial charge < -0.3 is 5.11 Å². The minimum atomic E-state index is -0.0301. The first kappa shape index (κ1) is 11.4. The third-order valence-corrected chi connectivity index (χ3v) is 4.81. The number of fused-ring (bicyclic) bond motifs is 6. The summed E-state index contributed by atoms with van der Waals surface area (Å²) in [7, 11) is 5.97. The molecule has 4 nitrogen and oxygen atoms in total. The lowest BCUT2D eigenvalue weighted by molar-refractivity contribution is 0.0859. The van der Waals surface area contributed by atoms with Gasteiger partial charge >= 0.3 is 0 Å². The van der Waals surface area contributed by atoms with E-state index in [1.54, 1.807) is 17.0 Å². The molecule has 1 amide bonds. The average Bonchev–Trinajstić information content (AvgIpc) is 3.03. The number of aromatic hydroxyl groups is 1. The van der Waals surface area contributed by atoms with Crippen LogP contribution in [0.15, 0.2) is 35.3 Å². The number of carbonyl (C=O) groups is 1. The number of aliphatic imine (C=N–C) groups is 1. The first-order chi connectivity index (χ1) is 10.1. The predicted molar refractivity (Wildman–Crippen MR) is 82.2 cm³/mol. The standard InChI is InChI=1S/C15H10B2N2O2/c16-17-11-6-19-14(18-13(11)17)9-4-2-7-1-3-8(20)5-10(7)12(9)15(19)21/h1-5,11,13,20H,6H2/t11-,13+/m0/s1. The third-order valence-electron chi connectivity index (χ3n) is 4.81. The molecule has 6 heteroatoms. The van der Waals surface area contributed by atoms with Gasteiger partial charge in [-0.3, -0.25) is 14.7 Å². The fourth-order valence-electron chi connectivity index (χ4n) is 3.55. The molecule has 2 aromatic rings. The van der Waals surface area contributed by atoms with Crippen molar-refractivity contribution in [3.63, 3.8) is 0 Å². The highest BCUT2D eigenvalue weighted by Crippen LogP contribution is 2.45. The second kappa shape index (κ2) is 3.50. The van der Waals surface area contributed by atoms with Crippen molar-refractivity contribution in [2.75, 3.05) is 6.54 Å². The molecule has 5 rings (SSSR count). The molecule has 1 fully saturated rings. The molecule has 0 bridgehead atoms. The normalized spacial score (nSPS) is 25.5. The van der Waals surface area contributed by atoms with Crippen LogP contribution in [-0.4, -0.2) is 48.6 Å². The number of carbonyl (C=O) groups excluding carboxylic acids is 1. The van der Waals surface area contributed by atoms with Gasteiger partial charge in [0.25, 0.3) is 5.91 Å². The molecule has 2 aromatic carbocycles. The molecule has 0 saturated carbocycles. The van der Waals surface area contributed by atoms with Gasteiger partial charge in [0, 0.05) is 25.8 Å². The Hall–Kier alpha value is -2.23. The highest BCUT2D eigenvalue weighted by atomic mass is 16.3. The van der Waals surface area contributed by atoms with Gasteiger partial charge in [0.05, 0.1) is 5.56 Å². The van der Waals surface area contributed by atoms with E-state index in [1.165, 1.54) is 0 Å². The van der Waals surface area contributed by atoms with Crippen LogP contribution in [0.3, 0.4) is 0 Å². The van der Waals surface area contributed by atoms with Crippen LogP contribution in [0.4, 0.5) is 0 Å². The number of phenolic OH excluding ortho intramolecular Hbond substituents is 1. The maximum atomic E-state index is 12.7. The summed E-state index contributed by atoms with van der Waals surface area (Å²) in [5, 5.41) is 11.4. The summed E-state index contributed by atoms with van der Waals surface area (Å²) in [5.74, 6) is 1.34. The summed E-state index contributed by atoms with van der Waals surface area (Å²) < 4.78 is 0. The molecule has 1 saturated heterocycles. The van der Waals surface area contributed by atoms with Crippen molar-refractivity contribution < 1.29 is 9.90 Å². The van der Waals surface area contributed by atoms with Crippen LogP contribution in [-0.2, 0) is 0 Å². The van der Waals surface area contributed by atoms with Gasteiger partial charge in [0.2, 0.25) is 0 Å². The third kappa shape index (κ3) is 1.32. The molecule has 0 aromatic heterocycles. The van der Waals surface area contributed by atoms with Crippen LogP contribution in [0.2, 0.25) is 5.82 Å². The smallest absolute Gasteiger partial charge is 0.260 e. The molecule has 3 aliphatic heterocycles. The monoisotopic (exact) mass is 272 g/mol. The predicted octanol–water partition coefficient (Wildman–Crippen LogP) is 1.21. The van der Waals surface area contributed by atoms with Crippen LogP contribution < -0.4 is 0 Å². The van der Waals surface area contributed by atoms with Crippen LogP contribution in [0.1, 0.15) is 15.9 Å². The summed E-state index contributed by atoms with van der Waals surface area (Å²) in [5.41, 5.74) is 1.51. The van der Waals surface area contributed by atoms with E-state index < -0.39 is 0 Å². The number of amides is 1. The van der Waals surface area contributed by atoms with E-state index in [2.05, 4.69) is 4.99 Å². The summed E-state index contributed by atoms with van der Waals surface area (Å²) >= 11 is 0. The van der Waals surface area contributed by atoms with Crippen molar-refractivity contribution in [1.82, 2.24) is 4.90 Å². The molecule has 3 heterocycles. The number of phenols is 1. The minimum absolute atomic E-state index is 0.0301. The average molecular weight is 272 g/mol. The summed E-state index contributed by atoms with van der Waals surface area (Å²) in [6, 6.07) is 9.01. The molecule has 3 aliphatic rings. The summed E-state index contributed by atoms with van der Waals surface area (Å²) in [6.07, 6.45) is 0. The molecule has 0 spiro atoms. The number of hydrogen-bond acceptors (Lipinski definition) is 3. The van der Waals surface area contributed by atoms with Gasteiger partial charge in [0.15, 0.2) is 0 Å². The van der Waals surface area contributed by atoms with Gasteiger partial charge in [-0.15, -0.1) is 0 Å². The second-order valence-electron chi connectivity index (χ2n) is 5.99. The maximum absolute atomic E-state index is 12.7. The summed E-state index contributed by atoms with van der Waals surface area (Å²) in [4.78, 5) is 19.1. The second-order valence-corrected chi connectivity index (χ2v) is 5.99. The zero-order valence-corrected chi connectivity index (χ0v) is 11.2. The van der Waals surface area contributed by atoms with E-state index >= 15 is 0 Å². The molecule has 21 heavy (non-hydrogen) atoms. The van der Waals surface area contributed by atoms with Crippen molar-refractivity contribution in [3.8, 4) is 5.75 Å². The van der Waals surface area contributed by atoms with Crippen molar-refractivity contribution in [1.29, 1.82) is 0 Å². The van der Waals surface area contributed by atoms with E-state index in [1.807, 2.05) is 18.2 Å². The Morgan fingerprint density at radius 1 is 1.33 bits per heavy atom. The fraction of sp³-hybridized carbons (Fsp3) is 0.200. The molecule has 0 aliphatic carbocycles. The maximum Gasteiger partial charge on any atom is 0.260 e. The van der Waals surface area contributed by atoms with Crippen LogP contribution >= 0.6 is 0 Å². The highest BCUT2D eigenvalue weighted by molar-refractivity contribution is 7.12. The first-order valence-corrected chi connectivity index (χ1v) is 7.06. The fourth-order valence-corrected chi connectivity index (χ4v) is 3.55. The molecule has 98 valence electrons. The van der Waals surface area contributed by atoms with E-state index in [9.17, 15) is 9.90 Å². The molecule has 2 atom stereocenters. The van der Waals surface area contributed by atoms with E-state index in [0.29, 0.717) is 17.9 Å². The molecule has 2 radical (unpaired) electrons. The van der Waals surface area contributed by atoms with Gasteiger partial charge in [-0.05, 0) is 34.8 Å². The SMILES string of the molecule is [B]B1[C@H]2CN3C(=O)c4c(ccc5ccc(O)cc45)C3=N[C@@H]12. The van der Waals surface area contributed by atoms with Crippen LogP contribution in [0.25, 0.3) is 10.8 Å². The van der Waals surface area contributed by atoms with E-state index in [-0.39, 0.29) is 24.2 Å². The van der Waals surface area contributed by atoms with Crippen molar-refractivity contribution >= 4 is 36.9 Å². The topological polar surface area (TPSA) is 52.9 Å². The Kier molecular flexibility index (Phi) is 1.91. The van der Waals surface area contributed by atoms with Crippen LogP contribution in [0, 0.1) is 0 Å². The number of nitrogens with zero attached hydrogens (tertiary/aromatic N) is 2. The first-order valence-electron chi connectivity index (χ1n) is 7.06. The lowest BCUT2D eigenvalue weighted by atomic mass is 9.45. The van der Waals surface area contributed by atoms with Gasteiger partial charge in [-0.2, -0.15) is 0 Å². The molecular weight excluding hydrogens is 262 g/mol. The zero-order chi connectivity index (χ0) is 14.3. The largest absolute Gasteiger partial charge is 0.508 e. The Bertz CT molecular complexity index is 864. The van der Waals surface area contributed by atoms with Crippen LogP contribution in [0.5, 0.6) is 5.75 Å². The Balaban J connectivity index is 1.80. The summed E-state index contributed by atoms with van der Waals surface area (Å²) in [6.45, 7) is 0.738. The van der Waals surface area contributed by atoms with Gasteiger partial charge in [-0.25, -0.2) is 0 Å². The minimum Gasteiger partial charge on any atom is -0.508 e. The zero-order valence-electron chi connectivity index (χ0n) is 11.2. The number of amidine groups is 1. The van der Waals surface area contributed by atoms with Crippen molar-refractivity contribution in [2.24, 2.45) is 4.99 Å². The van der Waals surface area contributed by atoms with E-state index in [0.717, 1.165) is 22.2 Å². The van der Waals surface area contributed by atoms with E-state index in [4.69, 9.17) is 7.74 Å². The number of benzene rings is 2. The molecule has 1 N–H and O–H groups in total. The Labute approximate surface area is 122 Å². The molecular formula is C15H10B2N2O2. The molecule has 0 unspecified atom stereocenters. The number of rotatable bonds is 0. The highest BCUT2D eigenvalue weighted by Gasteiger charge is 2.55. The lowest BCUT2D eigenvalue weighted by Gasteiger charge is -2.21. The van der Waals surface area contributed by atoms with Crippen molar-refractivity contribution in [3.05, 3.63) is 41.5 Å². The Morgan fingerprint density at radius 2 is 2.14 bits per heavy atom. The number of hydrogen-bond donors (Lipinski definition) is 1. The van der Waals surface area contributed by atoms with Crippen molar-refractivity contribution in [2.45, 2.75) is 11.8 Å².